The molecule has 0 amide bonds. The van der Waals surface area contributed by atoms with Crippen LogP contribution in [0.1, 0.15) is 297 Å². The molecule has 0 fully saturated rings. The van der Waals surface area contributed by atoms with Crippen LogP contribution in [0.3, 0.4) is 0 Å². The smallest absolute Gasteiger partial charge is 0.306 e. The molecule has 0 rings (SSSR count). The minimum Gasteiger partial charge on any atom is -0.462 e. The lowest BCUT2D eigenvalue weighted by Crippen LogP contribution is -2.30. The minimum absolute atomic E-state index is 0.0953. The number of hydrogen-bond donors (Lipinski definition) is 0. The molecule has 0 radical (unpaired) electrons. The average Bonchev–Trinajstić information content (AvgIpc) is 3.38. The molecule has 0 N–H and O–H groups in total. The third-order valence-corrected chi connectivity index (χ3v) is 13.1. The highest BCUT2D eigenvalue weighted by Crippen LogP contribution is 2.16. The van der Waals surface area contributed by atoms with Crippen LogP contribution in [0.2, 0.25) is 0 Å². The molecule has 0 aliphatic rings. The quantitative estimate of drug-likeness (QED) is 0.0261. The van der Waals surface area contributed by atoms with E-state index >= 15 is 0 Å². The Morgan fingerprint density at radius 2 is 0.542 bits per heavy atom. The van der Waals surface area contributed by atoms with E-state index in [2.05, 4.69) is 106 Å². The summed E-state index contributed by atoms with van der Waals surface area (Å²) in [5, 5.41) is 0. The van der Waals surface area contributed by atoms with E-state index in [9.17, 15) is 14.4 Å². The van der Waals surface area contributed by atoms with Crippen LogP contribution >= 0.6 is 0 Å². The topological polar surface area (TPSA) is 78.9 Å². The summed E-state index contributed by atoms with van der Waals surface area (Å²) >= 11 is 0. The molecule has 0 aromatic heterocycles. The Bertz CT molecular complexity index is 1380. The van der Waals surface area contributed by atoms with Gasteiger partial charge in [-0.3, -0.25) is 14.4 Å². The molecule has 0 heterocycles. The average molecular weight is 1000 g/mol. The lowest BCUT2D eigenvalue weighted by atomic mass is 10.0. The molecule has 0 aromatic rings. The zero-order valence-corrected chi connectivity index (χ0v) is 47.4. The predicted octanol–water partition coefficient (Wildman–Crippen LogP) is 20.7. The van der Waals surface area contributed by atoms with Crippen LogP contribution in [0.15, 0.2) is 85.1 Å². The van der Waals surface area contributed by atoms with Gasteiger partial charge in [-0.2, -0.15) is 0 Å². The van der Waals surface area contributed by atoms with Gasteiger partial charge in [0.1, 0.15) is 13.2 Å². The fourth-order valence-corrected chi connectivity index (χ4v) is 8.52. The van der Waals surface area contributed by atoms with Crippen molar-refractivity contribution in [2.45, 2.75) is 303 Å². The monoisotopic (exact) mass is 1000 g/mol. The number of carbonyl (C=O) groups is 3. The SMILES string of the molecule is CC/C=C\C/C=C\C/C=C\C/C=C\CCCCC(=O)OC(COC(=O)CCCCCCC/C=C\CCCCCCC)COC(=O)CCCCCCCCCCCCCCC/C=C\C/C=C\CCCCCCC. The summed E-state index contributed by atoms with van der Waals surface area (Å²) in [5.74, 6) is -0.939. The Morgan fingerprint density at radius 1 is 0.292 bits per heavy atom. The Morgan fingerprint density at radius 3 is 0.889 bits per heavy atom. The highest BCUT2D eigenvalue weighted by Gasteiger charge is 2.19. The summed E-state index contributed by atoms with van der Waals surface area (Å²) in [5.41, 5.74) is 0. The van der Waals surface area contributed by atoms with Gasteiger partial charge in [0, 0.05) is 19.3 Å². The van der Waals surface area contributed by atoms with E-state index in [0.717, 1.165) is 89.9 Å². The van der Waals surface area contributed by atoms with Gasteiger partial charge in [-0.15, -0.1) is 0 Å². The molecular formula is C66H114O6. The van der Waals surface area contributed by atoms with E-state index in [1.807, 2.05) is 0 Å². The number of carbonyl (C=O) groups excluding carboxylic acids is 3. The van der Waals surface area contributed by atoms with Crippen LogP contribution in [0.4, 0.5) is 0 Å². The van der Waals surface area contributed by atoms with Crippen molar-refractivity contribution in [2.75, 3.05) is 13.2 Å². The summed E-state index contributed by atoms with van der Waals surface area (Å²) in [4.78, 5) is 38.2. The van der Waals surface area contributed by atoms with Crippen molar-refractivity contribution >= 4 is 17.9 Å². The minimum atomic E-state index is -0.802. The molecule has 0 aliphatic heterocycles. The van der Waals surface area contributed by atoms with Crippen LogP contribution < -0.4 is 0 Å². The fraction of sp³-hybridized carbons (Fsp3) is 0.742. The predicted molar refractivity (Wildman–Crippen MR) is 311 cm³/mol. The van der Waals surface area contributed by atoms with Gasteiger partial charge in [-0.05, 0) is 116 Å². The molecule has 0 aromatic carbocycles. The Balaban J connectivity index is 4.33. The number of ether oxygens (including phenoxy) is 3. The first-order valence-corrected chi connectivity index (χ1v) is 30.6. The third kappa shape index (κ3) is 57.5. The molecular weight excluding hydrogens is 889 g/mol. The van der Waals surface area contributed by atoms with Crippen molar-refractivity contribution in [3.05, 3.63) is 85.1 Å². The molecule has 72 heavy (non-hydrogen) atoms. The van der Waals surface area contributed by atoms with Gasteiger partial charge in [0.05, 0.1) is 0 Å². The number of unbranched alkanes of at least 4 members (excludes halogenated alkanes) is 30. The summed E-state index contributed by atoms with van der Waals surface area (Å²) < 4.78 is 16.8. The zero-order chi connectivity index (χ0) is 52.2. The maximum atomic E-state index is 12.8. The highest BCUT2D eigenvalue weighted by molar-refractivity contribution is 5.71. The van der Waals surface area contributed by atoms with Gasteiger partial charge < -0.3 is 14.2 Å². The van der Waals surface area contributed by atoms with Crippen molar-refractivity contribution in [2.24, 2.45) is 0 Å². The summed E-state index contributed by atoms with van der Waals surface area (Å²) in [7, 11) is 0. The Hall–Kier alpha value is -3.41. The van der Waals surface area contributed by atoms with E-state index in [0.29, 0.717) is 19.3 Å². The Labute approximate surface area is 445 Å². The number of rotatable bonds is 55. The number of esters is 3. The molecule has 0 spiro atoms. The second-order valence-corrected chi connectivity index (χ2v) is 20.2. The van der Waals surface area contributed by atoms with Gasteiger partial charge in [0.15, 0.2) is 6.10 Å². The summed E-state index contributed by atoms with van der Waals surface area (Å²) in [6, 6.07) is 0. The van der Waals surface area contributed by atoms with E-state index in [1.165, 1.54) is 161 Å². The first-order chi connectivity index (χ1) is 35.5. The van der Waals surface area contributed by atoms with Gasteiger partial charge in [-0.25, -0.2) is 0 Å². The van der Waals surface area contributed by atoms with Gasteiger partial charge in [-0.1, -0.05) is 247 Å². The molecule has 6 heteroatoms. The third-order valence-electron chi connectivity index (χ3n) is 13.1. The largest absolute Gasteiger partial charge is 0.462 e. The van der Waals surface area contributed by atoms with Crippen molar-refractivity contribution < 1.29 is 28.6 Å². The molecule has 1 unspecified atom stereocenters. The first kappa shape index (κ1) is 68.6. The van der Waals surface area contributed by atoms with Gasteiger partial charge >= 0.3 is 17.9 Å². The first-order valence-electron chi connectivity index (χ1n) is 30.6. The van der Waals surface area contributed by atoms with Crippen molar-refractivity contribution in [1.82, 2.24) is 0 Å². The molecule has 1 atom stereocenters. The van der Waals surface area contributed by atoms with Crippen LogP contribution in [0, 0.1) is 0 Å². The second kappa shape index (κ2) is 60.1. The maximum absolute atomic E-state index is 12.8. The molecule has 6 nitrogen and oxygen atoms in total. The van der Waals surface area contributed by atoms with E-state index in [-0.39, 0.29) is 37.5 Å². The van der Waals surface area contributed by atoms with Crippen molar-refractivity contribution in [1.29, 1.82) is 0 Å². The van der Waals surface area contributed by atoms with Gasteiger partial charge in [0.25, 0.3) is 0 Å². The van der Waals surface area contributed by atoms with Crippen molar-refractivity contribution in [3.8, 4) is 0 Å². The second-order valence-electron chi connectivity index (χ2n) is 20.2. The molecule has 414 valence electrons. The van der Waals surface area contributed by atoms with Crippen LogP contribution in [0.25, 0.3) is 0 Å². The molecule has 0 aliphatic carbocycles. The molecule has 0 saturated carbocycles. The van der Waals surface area contributed by atoms with Gasteiger partial charge in [0.2, 0.25) is 0 Å². The van der Waals surface area contributed by atoms with Crippen LogP contribution in [-0.2, 0) is 28.6 Å². The fourth-order valence-electron chi connectivity index (χ4n) is 8.52. The van der Waals surface area contributed by atoms with E-state index in [1.54, 1.807) is 0 Å². The normalized spacial score (nSPS) is 12.7. The maximum Gasteiger partial charge on any atom is 0.306 e. The molecule has 0 saturated heterocycles. The number of allylic oxidation sites excluding steroid dienone is 14. The van der Waals surface area contributed by atoms with Crippen molar-refractivity contribution in [3.63, 3.8) is 0 Å². The van der Waals surface area contributed by atoms with Crippen LogP contribution in [0.5, 0.6) is 0 Å². The molecule has 0 bridgehead atoms. The zero-order valence-electron chi connectivity index (χ0n) is 47.4. The van der Waals surface area contributed by atoms with E-state index in [4.69, 9.17) is 14.2 Å². The van der Waals surface area contributed by atoms with Crippen LogP contribution in [-0.4, -0.2) is 37.2 Å². The van der Waals surface area contributed by atoms with E-state index < -0.39 is 6.10 Å². The summed E-state index contributed by atoms with van der Waals surface area (Å²) in [6.07, 6.45) is 78.8. The summed E-state index contributed by atoms with van der Waals surface area (Å²) in [6.45, 7) is 6.48. The highest BCUT2D eigenvalue weighted by atomic mass is 16.6. The lowest BCUT2D eigenvalue weighted by Gasteiger charge is -2.18. The lowest BCUT2D eigenvalue weighted by molar-refractivity contribution is -0.167. The Kier molecular flexibility index (Phi) is 57.3. The standard InChI is InChI=1S/C66H114O6/c1-4-7-10-13-16-19-22-25-28-29-30-31-32-33-34-35-36-37-39-41-44-47-50-53-56-59-65(68)71-62-63(61-70-64(67)58-55-52-49-46-43-40-27-24-21-18-15-12-9-6-3)72-66(69)60-57-54-51-48-45-42-38-26-23-20-17-14-11-8-5-2/h8,11,17,20,22,24-27,29-30,38,45,48,63H,4-7,9-10,12-16,18-19,21,23,28,31-37,39-44,46-47,49-62H2,1-3H3/b11-8-,20-17-,25-22-,27-24-,30-29-,38-26-,48-45-. The number of hydrogen-bond acceptors (Lipinski definition) is 6.